The highest BCUT2D eigenvalue weighted by Gasteiger charge is 2.68. The van der Waals surface area contributed by atoms with Crippen LogP contribution in [0.3, 0.4) is 0 Å². The van der Waals surface area contributed by atoms with Gasteiger partial charge in [0.15, 0.2) is 0 Å². The second-order valence-corrected chi connectivity index (χ2v) is 9.65. The molecule has 2 amide bonds. The van der Waals surface area contributed by atoms with Crippen molar-refractivity contribution in [2.75, 3.05) is 6.54 Å². The molecule has 4 unspecified atom stereocenters. The van der Waals surface area contributed by atoms with E-state index in [1.807, 2.05) is 38.1 Å². The van der Waals surface area contributed by atoms with Gasteiger partial charge in [0.2, 0.25) is 11.8 Å². The number of rotatable bonds is 7. The van der Waals surface area contributed by atoms with E-state index < -0.39 is 29.4 Å². The van der Waals surface area contributed by atoms with Gasteiger partial charge in [-0.1, -0.05) is 69.7 Å². The molecule has 4 atom stereocenters. The second-order valence-electron chi connectivity index (χ2n) is 9.65. The van der Waals surface area contributed by atoms with Crippen LogP contribution in [-0.2, 0) is 14.4 Å². The zero-order valence-corrected chi connectivity index (χ0v) is 18.6. The maximum Gasteiger partial charge on any atom is 0.324 e. The summed E-state index contributed by atoms with van der Waals surface area (Å²) < 4.78 is 0. The monoisotopic (exact) mass is 426 g/mol. The summed E-state index contributed by atoms with van der Waals surface area (Å²) in [6.07, 6.45) is 7.39. The summed E-state index contributed by atoms with van der Waals surface area (Å²) in [4.78, 5) is 41.2. The topological polar surface area (TPSA) is 86.7 Å². The van der Waals surface area contributed by atoms with Gasteiger partial charge in [-0.25, -0.2) is 0 Å². The lowest BCUT2D eigenvalue weighted by molar-refractivity contribution is -0.152. The molecule has 0 aromatic heterocycles. The Morgan fingerprint density at radius 2 is 1.87 bits per heavy atom. The minimum Gasteiger partial charge on any atom is -0.480 e. The van der Waals surface area contributed by atoms with Crippen LogP contribution >= 0.6 is 0 Å². The van der Waals surface area contributed by atoms with Crippen molar-refractivity contribution in [3.05, 3.63) is 35.4 Å². The lowest BCUT2D eigenvalue weighted by Crippen LogP contribution is -2.56. The Labute approximate surface area is 184 Å². The molecule has 3 aliphatic rings. The number of fused-ring (bicyclic) bond motifs is 1. The van der Waals surface area contributed by atoms with E-state index in [4.69, 9.17) is 0 Å². The highest BCUT2D eigenvalue weighted by atomic mass is 16.4. The molecule has 0 radical (unpaired) electrons. The van der Waals surface area contributed by atoms with Crippen molar-refractivity contribution in [3.8, 4) is 0 Å². The van der Waals surface area contributed by atoms with Gasteiger partial charge in [0.1, 0.15) is 5.54 Å². The van der Waals surface area contributed by atoms with E-state index in [9.17, 15) is 19.5 Å². The van der Waals surface area contributed by atoms with Gasteiger partial charge in [0, 0.05) is 12.6 Å². The fraction of sp³-hybridized carbons (Fsp3) is 0.640. The maximum absolute atomic E-state index is 13.5. The molecule has 1 aromatic carbocycles. The van der Waals surface area contributed by atoms with Gasteiger partial charge < -0.3 is 5.11 Å². The van der Waals surface area contributed by atoms with E-state index >= 15 is 0 Å². The summed E-state index contributed by atoms with van der Waals surface area (Å²) >= 11 is 0. The number of carboxylic acid groups (broad SMARTS) is 1. The molecule has 2 aliphatic heterocycles. The van der Waals surface area contributed by atoms with Crippen LogP contribution in [0.5, 0.6) is 0 Å². The van der Waals surface area contributed by atoms with E-state index in [-0.39, 0.29) is 17.7 Å². The molecule has 1 aromatic rings. The number of unbranched alkanes of at least 4 members (excludes halogenated alkanes) is 1. The van der Waals surface area contributed by atoms with Crippen LogP contribution in [0.1, 0.15) is 75.5 Å². The molecule has 2 N–H and O–H groups in total. The van der Waals surface area contributed by atoms with Gasteiger partial charge in [0.05, 0.1) is 11.8 Å². The zero-order valence-electron chi connectivity index (χ0n) is 18.6. The first kappa shape index (κ1) is 22.0. The van der Waals surface area contributed by atoms with Crippen molar-refractivity contribution in [1.29, 1.82) is 0 Å². The number of carbonyl (C=O) groups is 3. The fourth-order valence-corrected chi connectivity index (χ4v) is 6.12. The van der Waals surface area contributed by atoms with Crippen LogP contribution in [0, 0.1) is 24.7 Å². The van der Waals surface area contributed by atoms with Gasteiger partial charge in [-0.3, -0.25) is 24.6 Å². The summed E-state index contributed by atoms with van der Waals surface area (Å²) in [6, 6.07) is 7.32. The third-order valence-electron chi connectivity index (χ3n) is 7.72. The van der Waals surface area contributed by atoms with Crippen LogP contribution in [-0.4, -0.2) is 39.9 Å². The molecular formula is C25H34N2O4. The molecule has 168 valence electrons. The molecule has 6 heteroatoms. The van der Waals surface area contributed by atoms with Crippen molar-refractivity contribution in [3.63, 3.8) is 0 Å². The summed E-state index contributed by atoms with van der Waals surface area (Å²) in [5.41, 5.74) is 0.528. The SMILES string of the molecule is CCCCN1C(=O)C2C(c3ccccc3C)NC(CC3CCCCC3)(C(=O)O)C2C1=O. The summed E-state index contributed by atoms with van der Waals surface area (Å²) in [5.74, 6) is -2.75. The first-order chi connectivity index (χ1) is 14.9. The Morgan fingerprint density at radius 3 is 2.52 bits per heavy atom. The van der Waals surface area contributed by atoms with Crippen LogP contribution in [0.4, 0.5) is 0 Å². The normalized spacial score (nSPS) is 31.3. The largest absolute Gasteiger partial charge is 0.480 e. The number of amides is 2. The minimum absolute atomic E-state index is 0.212. The van der Waals surface area contributed by atoms with Crippen molar-refractivity contribution >= 4 is 17.8 Å². The minimum atomic E-state index is -1.40. The number of benzene rings is 1. The van der Waals surface area contributed by atoms with Crippen molar-refractivity contribution in [2.45, 2.75) is 76.8 Å². The number of aliphatic carboxylic acids is 1. The molecule has 0 spiro atoms. The molecule has 1 saturated carbocycles. The zero-order chi connectivity index (χ0) is 22.2. The second kappa shape index (κ2) is 8.73. The summed E-state index contributed by atoms with van der Waals surface area (Å²) in [6.45, 7) is 4.37. The van der Waals surface area contributed by atoms with Crippen LogP contribution in [0.2, 0.25) is 0 Å². The predicted molar refractivity (Wildman–Crippen MR) is 117 cm³/mol. The van der Waals surface area contributed by atoms with E-state index in [1.54, 1.807) is 0 Å². The standard InChI is InChI=1S/C25H34N2O4/c1-3-4-14-27-22(28)19-20(23(27)29)25(24(30)31,15-17-11-6-5-7-12-17)26-21(19)18-13-9-8-10-16(18)2/h8-10,13,17,19-21,26H,3-7,11-12,14-15H2,1-2H3,(H,30,31). The number of aryl methyl sites for hydroxylation is 1. The van der Waals surface area contributed by atoms with Crippen LogP contribution < -0.4 is 5.32 Å². The van der Waals surface area contributed by atoms with Crippen LogP contribution in [0.25, 0.3) is 0 Å². The fourth-order valence-electron chi connectivity index (χ4n) is 6.12. The number of carboxylic acids is 1. The Hall–Kier alpha value is -2.21. The molecule has 3 fully saturated rings. The number of nitrogens with one attached hydrogen (secondary N) is 1. The third kappa shape index (κ3) is 3.69. The van der Waals surface area contributed by atoms with Crippen molar-refractivity contribution in [1.82, 2.24) is 10.2 Å². The molecule has 1 aliphatic carbocycles. The van der Waals surface area contributed by atoms with Gasteiger partial charge >= 0.3 is 5.97 Å². The Morgan fingerprint density at radius 1 is 1.16 bits per heavy atom. The first-order valence-corrected chi connectivity index (χ1v) is 11.8. The van der Waals surface area contributed by atoms with Gasteiger partial charge in [-0.2, -0.15) is 0 Å². The Bertz CT molecular complexity index is 863. The summed E-state index contributed by atoms with van der Waals surface area (Å²) in [7, 11) is 0. The van der Waals surface area contributed by atoms with E-state index in [0.29, 0.717) is 13.0 Å². The summed E-state index contributed by atoms with van der Waals surface area (Å²) in [5, 5.41) is 13.9. The van der Waals surface area contributed by atoms with Crippen molar-refractivity contribution < 1.29 is 19.5 Å². The third-order valence-corrected chi connectivity index (χ3v) is 7.72. The Balaban J connectivity index is 1.77. The maximum atomic E-state index is 13.5. The highest BCUT2D eigenvalue weighted by Crippen LogP contribution is 2.52. The smallest absolute Gasteiger partial charge is 0.324 e. The number of nitrogens with zero attached hydrogens (tertiary/aromatic N) is 1. The van der Waals surface area contributed by atoms with Gasteiger partial charge in [0.25, 0.3) is 0 Å². The molecule has 6 nitrogen and oxygen atoms in total. The van der Waals surface area contributed by atoms with Gasteiger partial charge in [-0.05, 0) is 36.8 Å². The number of likely N-dealkylation sites (tertiary alicyclic amines) is 1. The molecule has 0 bridgehead atoms. The average Bonchev–Trinajstić information content (AvgIpc) is 3.22. The average molecular weight is 427 g/mol. The van der Waals surface area contributed by atoms with Crippen LogP contribution in [0.15, 0.2) is 24.3 Å². The molecule has 2 saturated heterocycles. The predicted octanol–water partition coefficient (Wildman–Crippen LogP) is 3.83. The number of hydrogen-bond donors (Lipinski definition) is 2. The molecule has 2 heterocycles. The quantitative estimate of drug-likeness (QED) is 0.647. The molecule has 4 rings (SSSR count). The number of imide groups is 1. The number of hydrogen-bond acceptors (Lipinski definition) is 4. The van der Waals surface area contributed by atoms with E-state index in [1.165, 1.54) is 11.3 Å². The lowest BCUT2D eigenvalue weighted by atomic mass is 9.72. The highest BCUT2D eigenvalue weighted by molar-refractivity contribution is 6.09. The Kier molecular flexibility index (Phi) is 6.20. The van der Waals surface area contributed by atoms with Crippen molar-refractivity contribution in [2.24, 2.45) is 17.8 Å². The van der Waals surface area contributed by atoms with Gasteiger partial charge in [-0.15, -0.1) is 0 Å². The molecular weight excluding hydrogens is 392 g/mol. The molecule has 31 heavy (non-hydrogen) atoms. The van der Waals surface area contributed by atoms with E-state index in [0.717, 1.165) is 49.7 Å². The number of carbonyl (C=O) groups excluding carboxylic acids is 2. The lowest BCUT2D eigenvalue weighted by Gasteiger charge is -2.35. The van der Waals surface area contributed by atoms with E-state index in [2.05, 4.69) is 5.32 Å². The first-order valence-electron chi connectivity index (χ1n) is 11.8.